The Balaban J connectivity index is 2.32. The normalized spacial score (nSPS) is 10.6. The number of rotatable bonds is 6. The van der Waals surface area contributed by atoms with Gasteiger partial charge < -0.3 is 20.5 Å². The van der Waals surface area contributed by atoms with Crippen LogP contribution in [0.3, 0.4) is 0 Å². The zero-order chi connectivity index (χ0) is 20.7. The molecule has 2 amide bonds. The Labute approximate surface area is 162 Å². The molecule has 0 aliphatic heterocycles. The summed E-state index contributed by atoms with van der Waals surface area (Å²) < 4.78 is 10.4. The van der Waals surface area contributed by atoms with Gasteiger partial charge in [-0.05, 0) is 36.4 Å². The highest BCUT2D eigenvalue weighted by atomic mass is 16.5. The molecule has 0 aliphatic carbocycles. The molecule has 2 aromatic carbocycles. The van der Waals surface area contributed by atoms with Crippen LogP contribution in [-0.2, 0) is 9.59 Å². The van der Waals surface area contributed by atoms with Crippen LogP contribution in [0.2, 0.25) is 0 Å². The molecule has 0 aromatic heterocycles. The number of nitrogen functional groups attached to an aromatic ring is 1. The Morgan fingerprint density at radius 3 is 2.36 bits per heavy atom. The molecule has 2 aromatic rings. The first kappa shape index (κ1) is 20.3. The number of hydrogen-bond donors (Lipinski definition) is 2. The highest BCUT2D eigenvalue weighted by molar-refractivity contribution is 6.21. The summed E-state index contributed by atoms with van der Waals surface area (Å²) >= 11 is 0. The summed E-state index contributed by atoms with van der Waals surface area (Å²) in [6.45, 7) is 1.24. The van der Waals surface area contributed by atoms with E-state index < -0.39 is 11.8 Å². The molecule has 0 saturated carbocycles. The molecule has 0 bridgehead atoms. The zero-order valence-corrected chi connectivity index (χ0v) is 15.7. The van der Waals surface area contributed by atoms with Crippen LogP contribution >= 0.6 is 0 Å². The van der Waals surface area contributed by atoms with Crippen molar-refractivity contribution in [1.29, 1.82) is 5.26 Å². The predicted octanol–water partition coefficient (Wildman–Crippen LogP) is 2.69. The Morgan fingerprint density at radius 2 is 1.82 bits per heavy atom. The van der Waals surface area contributed by atoms with Gasteiger partial charge in [-0.1, -0.05) is 0 Å². The summed E-state index contributed by atoms with van der Waals surface area (Å²) in [5.74, 6) is -0.242. The average molecular weight is 380 g/mol. The summed E-state index contributed by atoms with van der Waals surface area (Å²) in [6.07, 6.45) is 1.22. The third-order valence-corrected chi connectivity index (χ3v) is 3.80. The van der Waals surface area contributed by atoms with E-state index >= 15 is 0 Å². The van der Waals surface area contributed by atoms with Crippen molar-refractivity contribution in [2.45, 2.75) is 6.92 Å². The van der Waals surface area contributed by atoms with Gasteiger partial charge in [0, 0.05) is 24.9 Å². The number of nitrogens with one attached hydrogen (secondary N) is 1. The third-order valence-electron chi connectivity index (χ3n) is 3.80. The van der Waals surface area contributed by atoms with Gasteiger partial charge in [-0.2, -0.15) is 5.26 Å². The van der Waals surface area contributed by atoms with E-state index in [1.165, 1.54) is 39.5 Å². The highest BCUT2D eigenvalue weighted by Crippen LogP contribution is 2.29. The Bertz CT molecular complexity index is 946. The molecule has 144 valence electrons. The number of amides is 2. The number of methoxy groups -OCH3 is 2. The van der Waals surface area contributed by atoms with Crippen LogP contribution in [0.1, 0.15) is 6.92 Å². The largest absolute Gasteiger partial charge is 0.497 e. The highest BCUT2D eigenvalue weighted by Gasteiger charge is 2.24. The monoisotopic (exact) mass is 380 g/mol. The van der Waals surface area contributed by atoms with Crippen molar-refractivity contribution in [3.63, 3.8) is 0 Å². The van der Waals surface area contributed by atoms with Crippen LogP contribution in [-0.4, -0.2) is 26.0 Å². The topological polar surface area (TPSA) is 118 Å². The van der Waals surface area contributed by atoms with Crippen LogP contribution in [0.25, 0.3) is 0 Å². The van der Waals surface area contributed by atoms with E-state index in [4.69, 9.17) is 15.2 Å². The molecular formula is C20H20N4O4. The van der Waals surface area contributed by atoms with Crippen molar-refractivity contribution in [1.82, 2.24) is 0 Å². The number of carbonyl (C=O) groups is 2. The van der Waals surface area contributed by atoms with Crippen LogP contribution in [0.5, 0.6) is 11.5 Å². The number of benzene rings is 2. The van der Waals surface area contributed by atoms with Crippen molar-refractivity contribution in [3.8, 4) is 17.6 Å². The Kier molecular flexibility index (Phi) is 6.60. The second-order valence-electron chi connectivity index (χ2n) is 5.63. The number of carbonyl (C=O) groups excluding carboxylic acids is 2. The predicted molar refractivity (Wildman–Crippen MR) is 106 cm³/mol. The van der Waals surface area contributed by atoms with Gasteiger partial charge >= 0.3 is 0 Å². The minimum atomic E-state index is -0.764. The molecule has 0 saturated heterocycles. The molecule has 28 heavy (non-hydrogen) atoms. The van der Waals surface area contributed by atoms with E-state index in [1.54, 1.807) is 30.3 Å². The minimum absolute atomic E-state index is 0.259. The first-order valence-corrected chi connectivity index (χ1v) is 8.20. The molecule has 3 N–H and O–H groups in total. The first-order chi connectivity index (χ1) is 13.4. The quantitative estimate of drug-likeness (QED) is 0.449. The van der Waals surface area contributed by atoms with Crippen LogP contribution < -0.4 is 25.4 Å². The van der Waals surface area contributed by atoms with Crippen LogP contribution in [0.4, 0.5) is 17.1 Å². The fraction of sp³-hybridized carbons (Fsp3) is 0.150. The van der Waals surface area contributed by atoms with Crippen molar-refractivity contribution >= 4 is 28.9 Å². The smallest absolute Gasteiger partial charge is 0.277 e. The van der Waals surface area contributed by atoms with Gasteiger partial charge in [0.15, 0.2) is 0 Å². The second-order valence-corrected chi connectivity index (χ2v) is 5.63. The van der Waals surface area contributed by atoms with E-state index in [1.807, 2.05) is 6.07 Å². The molecular weight excluding hydrogens is 360 g/mol. The molecule has 0 atom stereocenters. The van der Waals surface area contributed by atoms with Crippen LogP contribution in [0.15, 0.2) is 54.2 Å². The van der Waals surface area contributed by atoms with Crippen molar-refractivity contribution in [3.05, 3.63) is 54.2 Å². The third kappa shape index (κ3) is 4.59. The Hall–Kier alpha value is -3.99. The number of nitrogens with two attached hydrogens (primary N) is 1. The Morgan fingerprint density at radius 1 is 1.14 bits per heavy atom. The van der Waals surface area contributed by atoms with Gasteiger partial charge in [-0.25, -0.2) is 4.90 Å². The summed E-state index contributed by atoms with van der Waals surface area (Å²) in [5, 5.41) is 12.3. The molecule has 8 heteroatoms. The number of ether oxygens (including phenoxy) is 2. The maximum atomic E-state index is 12.8. The van der Waals surface area contributed by atoms with Crippen molar-refractivity contribution < 1.29 is 19.1 Å². The molecule has 0 aliphatic rings. The lowest BCUT2D eigenvalue weighted by Crippen LogP contribution is -2.36. The standard InChI is InChI=1S/C20H20N4O4/c1-13(25)24(16-6-4-15(22)5-7-16)20(26)14(11-21)12-23-18-9-8-17(27-2)10-19(18)28-3/h4-10,12,23H,22H2,1-3H3/b14-12-. The van der Waals surface area contributed by atoms with Gasteiger partial charge in [0.05, 0.1) is 25.6 Å². The van der Waals surface area contributed by atoms with Gasteiger partial charge in [0.2, 0.25) is 5.91 Å². The lowest BCUT2D eigenvalue weighted by Gasteiger charge is -2.19. The number of anilines is 3. The molecule has 8 nitrogen and oxygen atoms in total. The molecule has 0 spiro atoms. The fourth-order valence-electron chi connectivity index (χ4n) is 2.40. The molecule has 0 heterocycles. The summed E-state index contributed by atoms with van der Waals surface area (Å²) in [6, 6.07) is 13.0. The maximum absolute atomic E-state index is 12.8. The van der Waals surface area contributed by atoms with Gasteiger partial charge in [0.1, 0.15) is 23.1 Å². The zero-order valence-electron chi connectivity index (χ0n) is 15.7. The SMILES string of the molecule is COc1ccc(N/C=C(/C#N)C(=O)N(C(C)=O)c2ccc(N)cc2)c(OC)c1. The van der Waals surface area contributed by atoms with Crippen molar-refractivity contribution in [2.75, 3.05) is 30.2 Å². The minimum Gasteiger partial charge on any atom is -0.497 e. The number of imide groups is 1. The van der Waals surface area contributed by atoms with E-state index in [-0.39, 0.29) is 5.57 Å². The average Bonchev–Trinajstić information content (AvgIpc) is 2.69. The summed E-state index contributed by atoms with van der Waals surface area (Å²) in [5.41, 5.74) is 6.71. The summed E-state index contributed by atoms with van der Waals surface area (Å²) in [4.78, 5) is 25.7. The van der Waals surface area contributed by atoms with Gasteiger partial charge in [0.25, 0.3) is 5.91 Å². The van der Waals surface area contributed by atoms with Gasteiger partial charge in [-0.3, -0.25) is 9.59 Å². The van der Waals surface area contributed by atoms with Crippen molar-refractivity contribution in [2.24, 2.45) is 0 Å². The number of hydrogen-bond acceptors (Lipinski definition) is 7. The molecule has 2 rings (SSSR count). The molecule has 0 unspecified atom stereocenters. The lowest BCUT2D eigenvalue weighted by molar-refractivity contribution is -0.123. The molecule has 0 radical (unpaired) electrons. The van der Waals surface area contributed by atoms with Crippen LogP contribution in [0, 0.1) is 11.3 Å². The lowest BCUT2D eigenvalue weighted by atomic mass is 10.2. The summed E-state index contributed by atoms with van der Waals surface area (Å²) in [7, 11) is 3.01. The van der Waals surface area contributed by atoms with E-state index in [2.05, 4.69) is 5.32 Å². The van der Waals surface area contributed by atoms with Gasteiger partial charge in [-0.15, -0.1) is 0 Å². The number of nitrogens with zero attached hydrogens (tertiary/aromatic N) is 2. The fourth-order valence-corrected chi connectivity index (χ4v) is 2.40. The first-order valence-electron chi connectivity index (χ1n) is 8.20. The van der Waals surface area contributed by atoms with E-state index in [9.17, 15) is 14.9 Å². The van der Waals surface area contributed by atoms with E-state index in [0.29, 0.717) is 28.6 Å². The van der Waals surface area contributed by atoms with E-state index in [0.717, 1.165) is 4.90 Å². The molecule has 0 fully saturated rings. The second kappa shape index (κ2) is 9.09. The number of nitriles is 1. The maximum Gasteiger partial charge on any atom is 0.277 e.